The van der Waals surface area contributed by atoms with Crippen LogP contribution in [0.4, 0.5) is 0 Å². The number of aliphatic carboxylic acids is 1. The molecule has 0 radical (unpaired) electrons. The van der Waals surface area contributed by atoms with Gasteiger partial charge in [-0.25, -0.2) is 4.79 Å². The molecule has 0 bridgehead atoms. The van der Waals surface area contributed by atoms with E-state index in [4.69, 9.17) is 10.8 Å². The molecule has 0 aromatic carbocycles. The second kappa shape index (κ2) is 4.29. The van der Waals surface area contributed by atoms with Crippen molar-refractivity contribution < 1.29 is 14.7 Å². The number of rotatable bonds is 5. The molecule has 4 N–H and O–H groups in total. The summed E-state index contributed by atoms with van der Waals surface area (Å²) in [6.45, 7) is 6.99. The van der Waals surface area contributed by atoms with Crippen LogP contribution in [0.2, 0.25) is 0 Å². The largest absolute Gasteiger partial charge is 0.480 e. The molecule has 0 saturated heterocycles. The SMILES string of the molecule is CC(C)(N)C(C)(C)C(=O)NC(C(=O)O)C1CC1. The lowest BCUT2D eigenvalue weighted by Gasteiger charge is -2.37. The first-order chi connectivity index (χ1) is 7.57. The van der Waals surface area contributed by atoms with Gasteiger partial charge in [0.2, 0.25) is 5.91 Å². The van der Waals surface area contributed by atoms with E-state index in [2.05, 4.69) is 5.32 Å². The molecule has 0 aromatic heterocycles. The Balaban J connectivity index is 2.73. The zero-order valence-corrected chi connectivity index (χ0v) is 10.9. The Bertz CT molecular complexity index is 327. The second-order valence-electron chi connectivity index (χ2n) is 5.97. The Morgan fingerprint density at radius 2 is 1.76 bits per heavy atom. The van der Waals surface area contributed by atoms with Crippen LogP contribution in [-0.2, 0) is 9.59 Å². The highest BCUT2D eigenvalue weighted by Crippen LogP contribution is 2.34. The molecule has 0 aromatic rings. The van der Waals surface area contributed by atoms with Crippen molar-refractivity contribution in [3.8, 4) is 0 Å². The quantitative estimate of drug-likeness (QED) is 0.662. The molecule has 0 heterocycles. The van der Waals surface area contributed by atoms with Crippen LogP contribution in [0, 0.1) is 11.3 Å². The molecule has 1 atom stereocenters. The first-order valence-corrected chi connectivity index (χ1v) is 5.90. The fourth-order valence-corrected chi connectivity index (χ4v) is 1.43. The zero-order chi connectivity index (χ0) is 13.4. The summed E-state index contributed by atoms with van der Waals surface area (Å²) < 4.78 is 0. The van der Waals surface area contributed by atoms with Crippen LogP contribution in [0.15, 0.2) is 0 Å². The maximum Gasteiger partial charge on any atom is 0.326 e. The lowest BCUT2D eigenvalue weighted by molar-refractivity contribution is -0.145. The fourth-order valence-electron chi connectivity index (χ4n) is 1.43. The minimum Gasteiger partial charge on any atom is -0.480 e. The predicted molar refractivity (Wildman–Crippen MR) is 64.3 cm³/mol. The van der Waals surface area contributed by atoms with E-state index in [0.717, 1.165) is 12.8 Å². The van der Waals surface area contributed by atoms with Gasteiger partial charge < -0.3 is 16.2 Å². The van der Waals surface area contributed by atoms with E-state index in [0.29, 0.717) is 0 Å². The number of carbonyl (C=O) groups is 2. The fraction of sp³-hybridized carbons (Fsp3) is 0.833. The van der Waals surface area contributed by atoms with Gasteiger partial charge in [-0.3, -0.25) is 4.79 Å². The van der Waals surface area contributed by atoms with Gasteiger partial charge in [-0.15, -0.1) is 0 Å². The van der Waals surface area contributed by atoms with E-state index in [-0.39, 0.29) is 11.8 Å². The summed E-state index contributed by atoms with van der Waals surface area (Å²) in [5, 5.41) is 11.7. The van der Waals surface area contributed by atoms with Gasteiger partial charge >= 0.3 is 5.97 Å². The van der Waals surface area contributed by atoms with Crippen molar-refractivity contribution in [1.82, 2.24) is 5.32 Å². The highest BCUT2D eigenvalue weighted by atomic mass is 16.4. The van der Waals surface area contributed by atoms with Gasteiger partial charge in [-0.2, -0.15) is 0 Å². The molecule has 98 valence electrons. The lowest BCUT2D eigenvalue weighted by Crippen LogP contribution is -2.58. The summed E-state index contributed by atoms with van der Waals surface area (Å²) in [5.41, 5.74) is 4.43. The average Bonchev–Trinajstić information content (AvgIpc) is 2.94. The maximum atomic E-state index is 12.1. The lowest BCUT2D eigenvalue weighted by atomic mass is 9.74. The van der Waals surface area contributed by atoms with E-state index >= 15 is 0 Å². The van der Waals surface area contributed by atoms with Gasteiger partial charge in [-0.05, 0) is 46.5 Å². The summed E-state index contributed by atoms with van der Waals surface area (Å²) >= 11 is 0. The molecule has 1 amide bonds. The van der Waals surface area contributed by atoms with Crippen molar-refractivity contribution in [2.75, 3.05) is 0 Å². The van der Waals surface area contributed by atoms with Crippen molar-refractivity contribution in [2.24, 2.45) is 17.1 Å². The summed E-state index contributed by atoms with van der Waals surface area (Å²) in [4.78, 5) is 23.2. The van der Waals surface area contributed by atoms with Crippen LogP contribution in [0.1, 0.15) is 40.5 Å². The van der Waals surface area contributed by atoms with Gasteiger partial charge in [0.25, 0.3) is 0 Å². The number of carbonyl (C=O) groups excluding carboxylic acids is 1. The van der Waals surface area contributed by atoms with Crippen molar-refractivity contribution in [3.63, 3.8) is 0 Å². The predicted octanol–water partition coefficient (Wildman–Crippen LogP) is 0.729. The van der Waals surface area contributed by atoms with Gasteiger partial charge in [0.15, 0.2) is 0 Å². The highest BCUT2D eigenvalue weighted by molar-refractivity contribution is 5.88. The van der Waals surface area contributed by atoms with Crippen LogP contribution in [0.25, 0.3) is 0 Å². The van der Waals surface area contributed by atoms with Crippen LogP contribution in [0.5, 0.6) is 0 Å². The van der Waals surface area contributed by atoms with Gasteiger partial charge in [0.1, 0.15) is 6.04 Å². The molecule has 5 nitrogen and oxygen atoms in total. The molecule has 0 aliphatic heterocycles. The van der Waals surface area contributed by atoms with E-state index in [1.54, 1.807) is 27.7 Å². The van der Waals surface area contributed by atoms with Crippen molar-refractivity contribution in [1.29, 1.82) is 0 Å². The topological polar surface area (TPSA) is 92.4 Å². The number of hydrogen-bond donors (Lipinski definition) is 3. The number of nitrogens with one attached hydrogen (secondary N) is 1. The average molecular weight is 242 g/mol. The number of hydrogen-bond acceptors (Lipinski definition) is 3. The molecule has 17 heavy (non-hydrogen) atoms. The molecule has 1 saturated carbocycles. The monoisotopic (exact) mass is 242 g/mol. The Morgan fingerprint density at radius 3 is 2.06 bits per heavy atom. The van der Waals surface area contributed by atoms with E-state index in [1.807, 2.05) is 0 Å². The van der Waals surface area contributed by atoms with Crippen molar-refractivity contribution >= 4 is 11.9 Å². The smallest absolute Gasteiger partial charge is 0.326 e. The third-order valence-corrected chi connectivity index (χ3v) is 3.82. The minimum atomic E-state index is -0.966. The van der Waals surface area contributed by atoms with E-state index in [9.17, 15) is 9.59 Å². The summed E-state index contributed by atoms with van der Waals surface area (Å²) in [6, 6.07) is -0.774. The Labute approximate surface area is 102 Å². The summed E-state index contributed by atoms with van der Waals surface area (Å²) in [5.74, 6) is -1.19. The summed E-state index contributed by atoms with van der Waals surface area (Å²) in [6.07, 6.45) is 1.73. The Kier molecular flexibility index (Phi) is 3.52. The number of amides is 1. The molecular weight excluding hydrogens is 220 g/mol. The van der Waals surface area contributed by atoms with Crippen LogP contribution < -0.4 is 11.1 Å². The molecule has 1 aliphatic carbocycles. The normalized spacial score (nSPS) is 18.6. The molecule has 1 unspecified atom stereocenters. The standard InChI is InChI=1S/C12H22N2O3/c1-11(2,12(3,4)13)10(17)14-8(9(15)16)7-5-6-7/h7-8H,5-6,13H2,1-4H3,(H,14,17)(H,15,16). The van der Waals surface area contributed by atoms with Gasteiger partial charge in [0.05, 0.1) is 5.41 Å². The maximum absolute atomic E-state index is 12.1. The molecule has 0 spiro atoms. The first-order valence-electron chi connectivity index (χ1n) is 5.90. The first kappa shape index (κ1) is 14.0. The third kappa shape index (κ3) is 2.97. The number of carboxylic acids is 1. The molecule has 1 fully saturated rings. The number of carboxylic acid groups (broad SMARTS) is 1. The van der Waals surface area contributed by atoms with Crippen LogP contribution in [-0.4, -0.2) is 28.6 Å². The van der Waals surface area contributed by atoms with Crippen LogP contribution >= 0.6 is 0 Å². The number of nitrogens with two attached hydrogens (primary N) is 1. The Hall–Kier alpha value is -1.10. The Morgan fingerprint density at radius 1 is 1.29 bits per heavy atom. The second-order valence-corrected chi connectivity index (χ2v) is 5.97. The van der Waals surface area contributed by atoms with Gasteiger partial charge in [-0.1, -0.05) is 0 Å². The van der Waals surface area contributed by atoms with Crippen molar-refractivity contribution in [3.05, 3.63) is 0 Å². The van der Waals surface area contributed by atoms with E-state index in [1.165, 1.54) is 0 Å². The molecule has 1 rings (SSSR count). The molecule has 5 heteroatoms. The highest BCUT2D eigenvalue weighted by Gasteiger charge is 2.44. The van der Waals surface area contributed by atoms with Crippen molar-refractivity contribution in [2.45, 2.75) is 52.1 Å². The zero-order valence-electron chi connectivity index (χ0n) is 10.9. The minimum absolute atomic E-state index is 0.0770. The molecule has 1 aliphatic rings. The summed E-state index contributed by atoms with van der Waals surface area (Å²) in [7, 11) is 0. The third-order valence-electron chi connectivity index (χ3n) is 3.82. The van der Waals surface area contributed by atoms with Gasteiger partial charge in [0, 0.05) is 5.54 Å². The molecular formula is C12H22N2O3. The van der Waals surface area contributed by atoms with Crippen LogP contribution in [0.3, 0.4) is 0 Å². The van der Waals surface area contributed by atoms with E-state index < -0.39 is 23.0 Å².